The van der Waals surface area contributed by atoms with Gasteiger partial charge in [-0.05, 0) is 30.7 Å². The van der Waals surface area contributed by atoms with Crippen LogP contribution in [-0.4, -0.2) is 37.7 Å². The highest BCUT2D eigenvalue weighted by Crippen LogP contribution is 2.29. The number of ether oxygens (including phenoxy) is 2. The Balaban J connectivity index is 0.00000242. The molecule has 0 spiro atoms. The van der Waals surface area contributed by atoms with E-state index in [0.29, 0.717) is 22.7 Å². The third kappa shape index (κ3) is 5.75. The summed E-state index contributed by atoms with van der Waals surface area (Å²) in [6.07, 6.45) is 3.86. The summed E-state index contributed by atoms with van der Waals surface area (Å²) >= 11 is 2.00. The number of aliphatic imine (C=N–C) groups is 1. The maximum absolute atomic E-state index is 5.94. The van der Waals surface area contributed by atoms with E-state index < -0.39 is 0 Å². The Kier molecular flexibility index (Phi) is 8.77. The monoisotopic (exact) mass is 437 g/mol. The van der Waals surface area contributed by atoms with Gasteiger partial charge in [-0.1, -0.05) is 6.42 Å². The Bertz CT molecular complexity index is 494. The molecule has 1 aliphatic heterocycles. The summed E-state index contributed by atoms with van der Waals surface area (Å²) in [5.74, 6) is 3.03. The molecule has 1 aromatic rings. The Hall–Kier alpha value is -0.830. The van der Waals surface area contributed by atoms with Crippen LogP contribution in [0, 0.1) is 0 Å². The third-order valence-corrected chi connectivity index (χ3v) is 4.78. The molecule has 1 unspecified atom stereocenters. The van der Waals surface area contributed by atoms with E-state index in [1.165, 1.54) is 25.0 Å². The van der Waals surface area contributed by atoms with Gasteiger partial charge in [-0.15, -0.1) is 24.0 Å². The van der Waals surface area contributed by atoms with Crippen LogP contribution in [0.1, 0.15) is 19.3 Å². The second-order valence-electron chi connectivity index (χ2n) is 4.91. The van der Waals surface area contributed by atoms with Crippen molar-refractivity contribution in [2.45, 2.75) is 24.5 Å². The van der Waals surface area contributed by atoms with Crippen LogP contribution in [0.2, 0.25) is 0 Å². The zero-order valence-electron chi connectivity index (χ0n) is 13.0. The summed E-state index contributed by atoms with van der Waals surface area (Å²) in [6, 6.07) is 5.57. The molecule has 5 nitrogen and oxygen atoms in total. The summed E-state index contributed by atoms with van der Waals surface area (Å²) in [7, 11) is 3.22. The minimum atomic E-state index is 0. The highest BCUT2D eigenvalue weighted by molar-refractivity contribution is 14.0. The summed E-state index contributed by atoms with van der Waals surface area (Å²) in [5, 5.41) is 3.69. The first-order valence-electron chi connectivity index (χ1n) is 7.13. The van der Waals surface area contributed by atoms with Crippen molar-refractivity contribution in [3.05, 3.63) is 18.2 Å². The molecule has 0 bridgehead atoms. The maximum atomic E-state index is 5.94. The minimum absolute atomic E-state index is 0. The van der Waals surface area contributed by atoms with Gasteiger partial charge in [0.2, 0.25) is 0 Å². The first kappa shape index (κ1) is 19.2. The number of hydrogen-bond donors (Lipinski definition) is 2. The van der Waals surface area contributed by atoms with E-state index >= 15 is 0 Å². The molecular formula is C15H24IN3O2S. The van der Waals surface area contributed by atoms with E-state index in [4.69, 9.17) is 15.2 Å². The lowest BCUT2D eigenvalue weighted by atomic mass is 10.2. The van der Waals surface area contributed by atoms with E-state index in [9.17, 15) is 0 Å². The second-order valence-corrected chi connectivity index (χ2v) is 6.32. The molecule has 1 heterocycles. The first-order chi connectivity index (χ1) is 10.2. The van der Waals surface area contributed by atoms with Gasteiger partial charge in [-0.3, -0.25) is 4.99 Å². The molecule has 1 atom stereocenters. The molecule has 1 aliphatic rings. The van der Waals surface area contributed by atoms with E-state index in [1.54, 1.807) is 14.2 Å². The van der Waals surface area contributed by atoms with Crippen molar-refractivity contribution in [3.63, 3.8) is 0 Å². The molecule has 1 aromatic carbocycles. The zero-order valence-corrected chi connectivity index (χ0v) is 16.1. The standard InChI is InChI=1S/C15H23N3O2S.HI/c1-19-13-7-6-11(9-14(13)20-2)18-15(16)17-10-12-5-3-4-8-21-12;/h6-7,9,12H,3-5,8,10H2,1-2H3,(H3,16,17,18);1H. The number of nitrogens with zero attached hydrogens (tertiary/aromatic N) is 1. The largest absolute Gasteiger partial charge is 0.493 e. The van der Waals surface area contributed by atoms with Gasteiger partial charge in [0.15, 0.2) is 17.5 Å². The number of hydrogen-bond acceptors (Lipinski definition) is 4. The van der Waals surface area contributed by atoms with Gasteiger partial charge < -0.3 is 20.5 Å². The second kappa shape index (κ2) is 10.0. The lowest BCUT2D eigenvalue weighted by molar-refractivity contribution is 0.355. The molecule has 0 saturated carbocycles. The molecular weight excluding hydrogens is 413 g/mol. The predicted molar refractivity (Wildman–Crippen MR) is 105 cm³/mol. The molecule has 3 N–H and O–H groups in total. The van der Waals surface area contributed by atoms with Gasteiger partial charge in [-0.25, -0.2) is 0 Å². The number of halogens is 1. The fraction of sp³-hybridized carbons (Fsp3) is 0.533. The summed E-state index contributed by atoms with van der Waals surface area (Å²) < 4.78 is 10.5. The number of benzene rings is 1. The molecule has 22 heavy (non-hydrogen) atoms. The number of nitrogens with two attached hydrogens (primary N) is 1. The summed E-state index contributed by atoms with van der Waals surface area (Å²) in [6.45, 7) is 0.775. The fourth-order valence-electron chi connectivity index (χ4n) is 2.25. The topological polar surface area (TPSA) is 68.9 Å². The highest BCUT2D eigenvalue weighted by Gasteiger charge is 2.13. The Morgan fingerprint density at radius 1 is 1.32 bits per heavy atom. The molecule has 0 radical (unpaired) electrons. The van der Waals surface area contributed by atoms with Gasteiger partial charge in [0.25, 0.3) is 0 Å². The Labute approximate surface area is 153 Å². The Morgan fingerprint density at radius 2 is 2.09 bits per heavy atom. The summed E-state index contributed by atoms with van der Waals surface area (Å²) in [4.78, 5) is 4.43. The van der Waals surface area contributed by atoms with E-state index in [0.717, 1.165) is 12.2 Å². The van der Waals surface area contributed by atoms with Crippen LogP contribution in [0.5, 0.6) is 11.5 Å². The average Bonchev–Trinajstić information content (AvgIpc) is 2.53. The van der Waals surface area contributed by atoms with Crippen LogP contribution >= 0.6 is 35.7 Å². The van der Waals surface area contributed by atoms with Gasteiger partial charge in [0, 0.05) is 17.0 Å². The van der Waals surface area contributed by atoms with Crippen LogP contribution in [0.3, 0.4) is 0 Å². The number of guanidine groups is 1. The normalized spacial score (nSPS) is 18.3. The molecule has 0 aromatic heterocycles. The summed E-state index contributed by atoms with van der Waals surface area (Å²) in [5.41, 5.74) is 6.78. The first-order valence-corrected chi connectivity index (χ1v) is 8.18. The lowest BCUT2D eigenvalue weighted by Gasteiger charge is -2.19. The number of nitrogens with one attached hydrogen (secondary N) is 1. The maximum Gasteiger partial charge on any atom is 0.193 e. The molecule has 1 fully saturated rings. The van der Waals surface area contributed by atoms with E-state index in [2.05, 4.69) is 10.3 Å². The molecule has 1 saturated heterocycles. The van der Waals surface area contributed by atoms with Crippen LogP contribution in [0.4, 0.5) is 5.69 Å². The van der Waals surface area contributed by atoms with Crippen molar-refractivity contribution < 1.29 is 9.47 Å². The average molecular weight is 437 g/mol. The number of rotatable bonds is 5. The highest BCUT2D eigenvalue weighted by atomic mass is 127. The molecule has 0 amide bonds. The van der Waals surface area contributed by atoms with Crippen LogP contribution in [0.25, 0.3) is 0 Å². The SMILES string of the molecule is COc1ccc(NC(N)=NCC2CCCCS2)cc1OC.I. The fourth-order valence-corrected chi connectivity index (χ4v) is 3.47. The minimum Gasteiger partial charge on any atom is -0.493 e. The molecule has 0 aliphatic carbocycles. The van der Waals surface area contributed by atoms with Crippen molar-refractivity contribution in [1.29, 1.82) is 0 Å². The lowest BCUT2D eigenvalue weighted by Crippen LogP contribution is -2.24. The predicted octanol–water partition coefficient (Wildman–Crippen LogP) is 3.33. The van der Waals surface area contributed by atoms with Gasteiger partial charge in [0.1, 0.15) is 0 Å². The number of methoxy groups -OCH3 is 2. The van der Waals surface area contributed by atoms with Crippen LogP contribution < -0.4 is 20.5 Å². The van der Waals surface area contributed by atoms with Crippen molar-refractivity contribution in [1.82, 2.24) is 0 Å². The third-order valence-electron chi connectivity index (χ3n) is 3.40. The Morgan fingerprint density at radius 3 is 2.73 bits per heavy atom. The van der Waals surface area contributed by atoms with E-state index in [1.807, 2.05) is 30.0 Å². The van der Waals surface area contributed by atoms with Crippen LogP contribution in [0.15, 0.2) is 23.2 Å². The zero-order chi connectivity index (χ0) is 15.1. The van der Waals surface area contributed by atoms with Gasteiger partial charge >= 0.3 is 0 Å². The van der Waals surface area contributed by atoms with Crippen LogP contribution in [-0.2, 0) is 0 Å². The van der Waals surface area contributed by atoms with E-state index in [-0.39, 0.29) is 24.0 Å². The van der Waals surface area contributed by atoms with Crippen molar-refractivity contribution in [2.24, 2.45) is 10.7 Å². The molecule has 7 heteroatoms. The molecule has 2 rings (SSSR count). The smallest absolute Gasteiger partial charge is 0.193 e. The van der Waals surface area contributed by atoms with Crippen molar-refractivity contribution in [2.75, 3.05) is 31.8 Å². The number of thioether (sulfide) groups is 1. The quantitative estimate of drug-likeness (QED) is 0.420. The molecule has 124 valence electrons. The van der Waals surface area contributed by atoms with Gasteiger partial charge in [0.05, 0.1) is 20.8 Å². The number of anilines is 1. The van der Waals surface area contributed by atoms with Gasteiger partial charge in [-0.2, -0.15) is 11.8 Å². The van der Waals surface area contributed by atoms with Crippen molar-refractivity contribution in [3.8, 4) is 11.5 Å². The van der Waals surface area contributed by atoms with Crippen molar-refractivity contribution >= 4 is 47.4 Å².